The second kappa shape index (κ2) is 5.96. The normalized spacial score (nSPS) is 12.7. The molecule has 0 aromatic rings. The fraction of sp³-hybridized carbons (Fsp3) is 0.400. The second-order valence-corrected chi connectivity index (χ2v) is 3.16. The maximum atomic E-state index is 10.2. The molecule has 0 aromatic carbocycles. The van der Waals surface area contributed by atoms with Gasteiger partial charge in [0.2, 0.25) is 0 Å². The molecule has 14 heavy (non-hydrogen) atoms. The summed E-state index contributed by atoms with van der Waals surface area (Å²) >= 11 is 0. The van der Waals surface area contributed by atoms with E-state index in [0.29, 0.717) is 12.8 Å². The van der Waals surface area contributed by atoms with Gasteiger partial charge >= 0.3 is 11.9 Å². The number of hydrogen-bond donors (Lipinski definition) is 2. The van der Waals surface area contributed by atoms with Gasteiger partial charge in [-0.05, 0) is 26.7 Å². The van der Waals surface area contributed by atoms with Gasteiger partial charge in [0, 0.05) is 12.2 Å². The van der Waals surface area contributed by atoms with E-state index in [4.69, 9.17) is 10.2 Å². The molecule has 4 heteroatoms. The molecule has 0 rings (SSSR count). The second-order valence-electron chi connectivity index (χ2n) is 3.16. The molecule has 0 amide bonds. The van der Waals surface area contributed by atoms with E-state index in [0.717, 1.165) is 23.3 Å². The molecule has 0 saturated carbocycles. The van der Waals surface area contributed by atoms with Gasteiger partial charge in [0.05, 0.1) is 0 Å². The Morgan fingerprint density at radius 2 is 1.21 bits per heavy atom. The van der Waals surface area contributed by atoms with Crippen LogP contribution < -0.4 is 0 Å². The zero-order valence-corrected chi connectivity index (χ0v) is 8.28. The van der Waals surface area contributed by atoms with E-state index in [9.17, 15) is 9.59 Å². The minimum atomic E-state index is -0.970. The minimum absolute atomic E-state index is 0.571. The third-order valence-electron chi connectivity index (χ3n) is 1.65. The van der Waals surface area contributed by atoms with Crippen molar-refractivity contribution in [2.75, 3.05) is 0 Å². The summed E-state index contributed by atoms with van der Waals surface area (Å²) in [5, 5.41) is 16.8. The van der Waals surface area contributed by atoms with Crippen LogP contribution in [0.1, 0.15) is 26.7 Å². The lowest BCUT2D eigenvalue weighted by molar-refractivity contribution is -0.132. The number of carbonyl (C=O) groups is 2. The van der Waals surface area contributed by atoms with Crippen LogP contribution in [-0.4, -0.2) is 22.2 Å². The molecule has 0 radical (unpaired) electrons. The van der Waals surface area contributed by atoms with Crippen molar-refractivity contribution in [3.63, 3.8) is 0 Å². The van der Waals surface area contributed by atoms with E-state index in [1.165, 1.54) is 0 Å². The standard InChI is InChI=1S/C10H14O4/c1-7(5-9(11)12)3-4-8(2)6-10(13)14/h5-6H,3-4H2,1-2H3,(H,11,12)(H,13,14). The number of hydrogen-bond acceptors (Lipinski definition) is 2. The first-order valence-electron chi connectivity index (χ1n) is 4.22. The Morgan fingerprint density at radius 3 is 1.43 bits per heavy atom. The van der Waals surface area contributed by atoms with Crippen molar-refractivity contribution in [2.24, 2.45) is 0 Å². The summed E-state index contributed by atoms with van der Waals surface area (Å²) in [5.74, 6) is -1.94. The van der Waals surface area contributed by atoms with Gasteiger partial charge in [0.1, 0.15) is 0 Å². The van der Waals surface area contributed by atoms with Crippen molar-refractivity contribution in [3.05, 3.63) is 23.3 Å². The Bertz CT molecular complexity index is 256. The Morgan fingerprint density at radius 1 is 0.929 bits per heavy atom. The van der Waals surface area contributed by atoms with E-state index in [-0.39, 0.29) is 0 Å². The van der Waals surface area contributed by atoms with Crippen LogP contribution in [0, 0.1) is 0 Å². The lowest BCUT2D eigenvalue weighted by atomic mass is 10.1. The molecule has 0 saturated heterocycles. The number of aliphatic carboxylic acids is 2. The van der Waals surface area contributed by atoms with Gasteiger partial charge in [-0.3, -0.25) is 0 Å². The van der Waals surface area contributed by atoms with Crippen LogP contribution >= 0.6 is 0 Å². The maximum absolute atomic E-state index is 10.2. The molecule has 0 heterocycles. The van der Waals surface area contributed by atoms with Crippen LogP contribution in [0.25, 0.3) is 0 Å². The molecule has 0 aliphatic rings. The molecule has 0 unspecified atom stereocenters. The summed E-state index contributed by atoms with van der Waals surface area (Å²) in [6.07, 6.45) is 3.41. The van der Waals surface area contributed by atoms with Crippen LogP contribution in [0.15, 0.2) is 23.3 Å². The van der Waals surface area contributed by atoms with Crippen molar-refractivity contribution >= 4 is 11.9 Å². The van der Waals surface area contributed by atoms with E-state index >= 15 is 0 Å². The molecule has 0 atom stereocenters. The number of carboxylic acids is 2. The van der Waals surface area contributed by atoms with Gasteiger partial charge in [-0.1, -0.05) is 11.1 Å². The third-order valence-corrected chi connectivity index (χ3v) is 1.65. The van der Waals surface area contributed by atoms with Crippen LogP contribution in [0.4, 0.5) is 0 Å². The first kappa shape index (κ1) is 12.4. The van der Waals surface area contributed by atoms with Gasteiger partial charge in [0.15, 0.2) is 0 Å². The number of carboxylic acid groups (broad SMARTS) is 2. The highest BCUT2D eigenvalue weighted by atomic mass is 16.4. The summed E-state index contributed by atoms with van der Waals surface area (Å²) in [5.41, 5.74) is 1.46. The highest BCUT2D eigenvalue weighted by molar-refractivity contribution is 5.81. The average Bonchev–Trinajstić information content (AvgIpc) is 1.98. The quantitative estimate of drug-likeness (QED) is 0.661. The Balaban J connectivity index is 4.07. The van der Waals surface area contributed by atoms with Crippen molar-refractivity contribution < 1.29 is 19.8 Å². The van der Waals surface area contributed by atoms with Gasteiger partial charge in [-0.2, -0.15) is 0 Å². The van der Waals surface area contributed by atoms with Crippen molar-refractivity contribution in [3.8, 4) is 0 Å². The summed E-state index contributed by atoms with van der Waals surface area (Å²) < 4.78 is 0. The van der Waals surface area contributed by atoms with Crippen molar-refractivity contribution in [1.29, 1.82) is 0 Å². The van der Waals surface area contributed by atoms with E-state index in [1.54, 1.807) is 13.8 Å². The summed E-state index contributed by atoms with van der Waals surface area (Å²) in [6, 6.07) is 0. The third kappa shape index (κ3) is 7.09. The molecule has 4 nitrogen and oxygen atoms in total. The first-order chi connectivity index (χ1) is 6.41. The molecule has 0 aliphatic heterocycles. The average molecular weight is 198 g/mol. The summed E-state index contributed by atoms with van der Waals surface area (Å²) in [7, 11) is 0. The maximum Gasteiger partial charge on any atom is 0.328 e. The van der Waals surface area contributed by atoms with Crippen molar-refractivity contribution in [1.82, 2.24) is 0 Å². The predicted molar refractivity (Wildman–Crippen MR) is 52.0 cm³/mol. The zero-order valence-electron chi connectivity index (χ0n) is 8.28. The van der Waals surface area contributed by atoms with Crippen LogP contribution in [-0.2, 0) is 9.59 Å². The van der Waals surface area contributed by atoms with Crippen LogP contribution in [0.2, 0.25) is 0 Å². The van der Waals surface area contributed by atoms with E-state index in [1.807, 2.05) is 0 Å². The largest absolute Gasteiger partial charge is 0.478 e. The summed E-state index contributed by atoms with van der Waals surface area (Å²) in [4.78, 5) is 20.5. The smallest absolute Gasteiger partial charge is 0.328 e. The minimum Gasteiger partial charge on any atom is -0.478 e. The molecule has 78 valence electrons. The summed E-state index contributed by atoms with van der Waals surface area (Å²) in [6.45, 7) is 3.42. The lowest BCUT2D eigenvalue weighted by Gasteiger charge is -2.00. The molecule has 0 aromatic heterocycles. The molecular weight excluding hydrogens is 184 g/mol. The lowest BCUT2D eigenvalue weighted by Crippen LogP contribution is -1.92. The van der Waals surface area contributed by atoms with Gasteiger partial charge < -0.3 is 10.2 Å². The number of allylic oxidation sites excluding steroid dienone is 2. The Kier molecular flexibility index (Phi) is 5.29. The van der Waals surface area contributed by atoms with Gasteiger partial charge in [-0.25, -0.2) is 9.59 Å². The van der Waals surface area contributed by atoms with Crippen LogP contribution in [0.5, 0.6) is 0 Å². The first-order valence-corrected chi connectivity index (χ1v) is 4.22. The Labute approximate surface area is 82.6 Å². The molecule has 0 spiro atoms. The molecular formula is C10H14O4. The van der Waals surface area contributed by atoms with Gasteiger partial charge in [0.25, 0.3) is 0 Å². The molecule has 0 fully saturated rings. The number of rotatable bonds is 5. The SMILES string of the molecule is CC(=CC(=O)O)CCC(C)=CC(=O)O. The fourth-order valence-corrected chi connectivity index (χ4v) is 0.960. The Hall–Kier alpha value is -1.58. The topological polar surface area (TPSA) is 74.6 Å². The highest BCUT2D eigenvalue weighted by Gasteiger charge is 1.97. The highest BCUT2D eigenvalue weighted by Crippen LogP contribution is 2.10. The molecule has 2 N–H and O–H groups in total. The van der Waals surface area contributed by atoms with Crippen LogP contribution in [0.3, 0.4) is 0 Å². The van der Waals surface area contributed by atoms with Gasteiger partial charge in [-0.15, -0.1) is 0 Å². The molecule has 0 aliphatic carbocycles. The van der Waals surface area contributed by atoms with Crippen molar-refractivity contribution in [2.45, 2.75) is 26.7 Å². The monoisotopic (exact) mass is 198 g/mol. The predicted octanol–water partition coefficient (Wildman–Crippen LogP) is 1.83. The zero-order chi connectivity index (χ0) is 11.1. The fourth-order valence-electron chi connectivity index (χ4n) is 0.960. The van der Waals surface area contributed by atoms with E-state index in [2.05, 4.69) is 0 Å². The van der Waals surface area contributed by atoms with E-state index < -0.39 is 11.9 Å². The molecule has 0 bridgehead atoms.